The van der Waals surface area contributed by atoms with Crippen LogP contribution in [0.2, 0.25) is 0 Å². The van der Waals surface area contributed by atoms with Crippen molar-refractivity contribution >= 4 is 28.9 Å². The number of hydrogen-bond acceptors (Lipinski definition) is 5. The summed E-state index contributed by atoms with van der Waals surface area (Å²) < 4.78 is 1.76. The summed E-state index contributed by atoms with van der Waals surface area (Å²) in [6, 6.07) is 12.2. The minimum absolute atomic E-state index is 0.139. The van der Waals surface area contributed by atoms with Crippen molar-refractivity contribution in [2.24, 2.45) is 0 Å². The summed E-state index contributed by atoms with van der Waals surface area (Å²) in [4.78, 5) is 29.9. The molecule has 1 saturated heterocycles. The zero-order chi connectivity index (χ0) is 20.1. The van der Waals surface area contributed by atoms with E-state index in [1.54, 1.807) is 23.0 Å². The van der Waals surface area contributed by atoms with E-state index in [0.29, 0.717) is 17.8 Å². The van der Waals surface area contributed by atoms with Crippen molar-refractivity contribution in [3.63, 3.8) is 0 Å². The molecule has 1 amide bonds. The second-order valence-corrected chi connectivity index (χ2v) is 7.18. The third-order valence-electron chi connectivity index (χ3n) is 5.25. The summed E-state index contributed by atoms with van der Waals surface area (Å²) in [5, 5.41) is 7.17. The maximum Gasteiger partial charge on any atom is 0.252 e. The van der Waals surface area contributed by atoms with Crippen molar-refractivity contribution in [3.8, 4) is 0 Å². The molecule has 0 atom stereocenters. The maximum atomic E-state index is 12.4. The lowest BCUT2D eigenvalue weighted by Crippen LogP contribution is -2.43. The minimum Gasteiger partial charge on any atom is -0.369 e. The summed E-state index contributed by atoms with van der Waals surface area (Å²) in [6.45, 7) is 4.94. The Kier molecular flexibility index (Phi) is 5.86. The first-order valence-electron chi connectivity index (χ1n) is 9.96. The molecule has 0 saturated carbocycles. The van der Waals surface area contributed by atoms with Gasteiger partial charge < -0.3 is 24.9 Å². The minimum atomic E-state index is -0.139. The number of aldehydes is 1. The molecule has 0 bridgehead atoms. The number of piperazine rings is 1. The number of fused-ring (bicyclic) bond motifs is 1. The van der Waals surface area contributed by atoms with E-state index in [0.717, 1.165) is 44.3 Å². The number of anilines is 1. The fourth-order valence-electron chi connectivity index (χ4n) is 3.65. The highest BCUT2D eigenvalue weighted by molar-refractivity contribution is 5.97. The lowest BCUT2D eigenvalue weighted by atomic mass is 10.1. The topological polar surface area (TPSA) is 79.3 Å². The molecular weight excluding hydrogens is 366 g/mol. The number of rotatable bonds is 7. The largest absolute Gasteiger partial charge is 0.369 e. The Morgan fingerprint density at radius 1 is 1.17 bits per heavy atom. The molecule has 150 valence electrons. The molecule has 0 unspecified atom stereocenters. The van der Waals surface area contributed by atoms with Crippen LogP contribution in [0.1, 0.15) is 15.9 Å². The van der Waals surface area contributed by atoms with E-state index in [-0.39, 0.29) is 12.5 Å². The highest BCUT2D eigenvalue weighted by Crippen LogP contribution is 2.17. The second-order valence-electron chi connectivity index (χ2n) is 7.18. The van der Waals surface area contributed by atoms with Gasteiger partial charge in [0, 0.05) is 56.2 Å². The molecular formula is C22H25N5O2. The average Bonchev–Trinajstić information content (AvgIpc) is 3.17. The van der Waals surface area contributed by atoms with Crippen molar-refractivity contribution in [2.75, 3.05) is 37.6 Å². The van der Waals surface area contributed by atoms with Crippen molar-refractivity contribution in [1.82, 2.24) is 20.2 Å². The van der Waals surface area contributed by atoms with Gasteiger partial charge in [-0.05, 0) is 36.2 Å². The number of pyridine rings is 1. The van der Waals surface area contributed by atoms with E-state index < -0.39 is 0 Å². The van der Waals surface area contributed by atoms with Crippen LogP contribution in [0.3, 0.4) is 0 Å². The van der Waals surface area contributed by atoms with E-state index in [2.05, 4.69) is 44.8 Å². The van der Waals surface area contributed by atoms with E-state index >= 15 is 0 Å². The van der Waals surface area contributed by atoms with Crippen molar-refractivity contribution in [2.45, 2.75) is 13.0 Å². The van der Waals surface area contributed by atoms with Gasteiger partial charge in [-0.3, -0.25) is 4.79 Å². The Hall–Kier alpha value is -3.19. The molecule has 1 aromatic carbocycles. The maximum absolute atomic E-state index is 12.4. The number of amides is 1. The monoisotopic (exact) mass is 391 g/mol. The second kappa shape index (κ2) is 8.87. The van der Waals surface area contributed by atoms with Crippen LogP contribution in [-0.4, -0.2) is 54.5 Å². The van der Waals surface area contributed by atoms with Crippen LogP contribution >= 0.6 is 0 Å². The van der Waals surface area contributed by atoms with Gasteiger partial charge in [-0.2, -0.15) is 0 Å². The van der Waals surface area contributed by atoms with Crippen molar-refractivity contribution < 1.29 is 9.59 Å². The summed E-state index contributed by atoms with van der Waals surface area (Å²) in [6.07, 6.45) is 4.97. The smallest absolute Gasteiger partial charge is 0.252 e. The van der Waals surface area contributed by atoms with Gasteiger partial charge in [-0.25, -0.2) is 4.98 Å². The van der Waals surface area contributed by atoms with Gasteiger partial charge in [-0.15, -0.1) is 0 Å². The molecule has 2 aromatic heterocycles. The molecule has 0 spiro atoms. The van der Waals surface area contributed by atoms with Crippen molar-refractivity contribution in [3.05, 3.63) is 59.9 Å². The molecule has 7 heteroatoms. The van der Waals surface area contributed by atoms with E-state index in [1.165, 1.54) is 11.3 Å². The lowest BCUT2D eigenvalue weighted by Gasteiger charge is -2.29. The van der Waals surface area contributed by atoms with E-state index in [1.807, 2.05) is 6.07 Å². The molecule has 4 rings (SSSR count). The van der Waals surface area contributed by atoms with Crippen LogP contribution in [0.4, 0.5) is 5.69 Å². The number of hydrogen-bond donors (Lipinski definition) is 2. The number of aromatic nitrogens is 2. The number of nitrogens with one attached hydrogen (secondary N) is 2. The number of carbonyl (C=O) groups excluding carboxylic acids is 2. The molecule has 1 aliphatic rings. The number of nitrogens with zero attached hydrogens (tertiary/aromatic N) is 3. The van der Waals surface area contributed by atoms with Crippen LogP contribution in [0.25, 0.3) is 11.0 Å². The number of benzene rings is 1. The Bertz CT molecular complexity index is 990. The molecule has 2 N–H and O–H groups in total. The predicted octanol–water partition coefficient (Wildman–Crippen LogP) is 1.62. The number of carbonyl (C=O) groups is 2. The Balaban J connectivity index is 1.31. The predicted molar refractivity (Wildman–Crippen MR) is 113 cm³/mol. The molecule has 0 radical (unpaired) electrons. The SMILES string of the molecule is O=CCn1ccc2cc(C(=O)NCCc3ccc(N4CCNCC4)cc3)cnc21. The molecule has 1 aliphatic heterocycles. The Morgan fingerprint density at radius 2 is 1.97 bits per heavy atom. The zero-order valence-electron chi connectivity index (χ0n) is 16.3. The first-order valence-corrected chi connectivity index (χ1v) is 9.96. The molecule has 29 heavy (non-hydrogen) atoms. The molecule has 3 aromatic rings. The molecule has 3 heterocycles. The normalized spacial score (nSPS) is 14.1. The van der Waals surface area contributed by atoms with E-state index in [4.69, 9.17) is 0 Å². The highest BCUT2D eigenvalue weighted by Gasteiger charge is 2.11. The van der Waals surface area contributed by atoms with Crippen LogP contribution in [-0.2, 0) is 17.8 Å². The summed E-state index contributed by atoms with van der Waals surface area (Å²) in [5.74, 6) is -0.139. The zero-order valence-corrected chi connectivity index (χ0v) is 16.3. The Morgan fingerprint density at radius 3 is 2.72 bits per heavy atom. The van der Waals surface area contributed by atoms with Gasteiger partial charge in [0.05, 0.1) is 12.1 Å². The van der Waals surface area contributed by atoms with Gasteiger partial charge in [0.1, 0.15) is 11.9 Å². The Labute approximate surface area is 169 Å². The standard InChI is InChI=1S/C22H25N5O2/c28-14-13-27-10-6-18-15-19(16-25-21(18)27)22(29)24-7-5-17-1-3-20(4-2-17)26-11-8-23-9-12-26/h1-4,6,10,14-16,23H,5,7-9,11-13H2,(H,24,29). The van der Waals surface area contributed by atoms with E-state index in [9.17, 15) is 9.59 Å². The lowest BCUT2D eigenvalue weighted by molar-refractivity contribution is -0.108. The van der Waals surface area contributed by atoms with Crippen LogP contribution in [0.5, 0.6) is 0 Å². The van der Waals surface area contributed by atoms with Gasteiger partial charge in [-0.1, -0.05) is 12.1 Å². The molecule has 7 nitrogen and oxygen atoms in total. The quantitative estimate of drug-likeness (QED) is 0.599. The third-order valence-corrected chi connectivity index (χ3v) is 5.25. The van der Waals surface area contributed by atoms with Gasteiger partial charge >= 0.3 is 0 Å². The molecule has 0 aliphatic carbocycles. The van der Waals surface area contributed by atoms with Crippen LogP contribution in [0, 0.1) is 0 Å². The molecule has 1 fully saturated rings. The highest BCUT2D eigenvalue weighted by atomic mass is 16.1. The first kappa shape index (κ1) is 19.1. The summed E-state index contributed by atoms with van der Waals surface area (Å²) >= 11 is 0. The third kappa shape index (κ3) is 4.46. The van der Waals surface area contributed by atoms with Crippen LogP contribution in [0.15, 0.2) is 48.8 Å². The van der Waals surface area contributed by atoms with Gasteiger partial charge in [0.25, 0.3) is 5.91 Å². The van der Waals surface area contributed by atoms with Crippen molar-refractivity contribution in [1.29, 1.82) is 0 Å². The summed E-state index contributed by atoms with van der Waals surface area (Å²) in [5.41, 5.74) is 3.68. The first-order chi connectivity index (χ1) is 14.2. The van der Waals surface area contributed by atoms with Gasteiger partial charge in [0.2, 0.25) is 0 Å². The van der Waals surface area contributed by atoms with Gasteiger partial charge in [0.15, 0.2) is 0 Å². The fourth-order valence-corrected chi connectivity index (χ4v) is 3.65. The fraction of sp³-hybridized carbons (Fsp3) is 0.318. The summed E-state index contributed by atoms with van der Waals surface area (Å²) in [7, 11) is 0. The average molecular weight is 391 g/mol. The van der Waals surface area contributed by atoms with Crippen LogP contribution < -0.4 is 15.5 Å².